The first-order chi connectivity index (χ1) is 11.8. The Morgan fingerprint density at radius 1 is 1.00 bits per heavy atom. The Balaban J connectivity index is 4.46. The van der Waals surface area contributed by atoms with Crippen LogP contribution < -0.4 is 16.0 Å². The second-order valence-corrected chi connectivity index (χ2v) is 5.73. The van der Waals surface area contributed by atoms with Crippen LogP contribution >= 0.6 is 0 Å². The van der Waals surface area contributed by atoms with Crippen LogP contribution in [0.25, 0.3) is 0 Å². The Hall–Kier alpha value is -2.00. The summed E-state index contributed by atoms with van der Waals surface area (Å²) in [6, 6.07) is -0.999. The molecule has 0 aromatic rings. The number of aliphatic hydroxyl groups is 2. The van der Waals surface area contributed by atoms with Crippen LogP contribution in [0, 0.1) is 5.92 Å². The van der Waals surface area contributed by atoms with Crippen molar-refractivity contribution in [1.29, 1.82) is 0 Å². The van der Waals surface area contributed by atoms with Crippen molar-refractivity contribution in [2.45, 2.75) is 45.6 Å². The number of carbonyl (C=O) groups excluding carboxylic acids is 4. The molecule has 2 atom stereocenters. The number of carbonyl (C=O) groups is 4. The van der Waals surface area contributed by atoms with E-state index in [1.807, 2.05) is 0 Å². The highest BCUT2D eigenvalue weighted by Gasteiger charge is 2.25. The maximum atomic E-state index is 11.9. The molecule has 0 fully saturated rings. The third kappa shape index (κ3) is 10.5. The predicted octanol–water partition coefficient (Wildman–Crippen LogP) is -1.53. The molecule has 0 rings (SSSR count). The lowest BCUT2D eigenvalue weighted by Gasteiger charge is -2.20. The Kier molecular flexibility index (Phi) is 12.2. The van der Waals surface area contributed by atoms with E-state index < -0.39 is 30.3 Å². The molecule has 0 radical (unpaired) electrons. The van der Waals surface area contributed by atoms with Crippen molar-refractivity contribution in [3.63, 3.8) is 0 Å². The highest BCUT2D eigenvalue weighted by atomic mass is 16.3. The van der Waals surface area contributed by atoms with Crippen LogP contribution in [-0.4, -0.2) is 66.1 Å². The molecule has 5 N–H and O–H groups in total. The normalized spacial score (nSPS) is 12.8. The number of hydrogen-bond donors (Lipinski definition) is 5. The summed E-state index contributed by atoms with van der Waals surface area (Å²) in [5, 5.41) is 25.1. The average molecular weight is 359 g/mol. The first-order valence-corrected chi connectivity index (χ1v) is 8.43. The van der Waals surface area contributed by atoms with Crippen molar-refractivity contribution < 1.29 is 29.4 Å². The van der Waals surface area contributed by atoms with Crippen LogP contribution in [0.3, 0.4) is 0 Å². The quantitative estimate of drug-likeness (QED) is 0.252. The molecule has 0 heterocycles. The van der Waals surface area contributed by atoms with Crippen molar-refractivity contribution in [2.75, 3.05) is 26.3 Å². The van der Waals surface area contributed by atoms with E-state index in [-0.39, 0.29) is 37.8 Å². The van der Waals surface area contributed by atoms with Crippen molar-refractivity contribution in [1.82, 2.24) is 16.0 Å². The summed E-state index contributed by atoms with van der Waals surface area (Å²) in [6.07, 6.45) is 1.27. The molecular formula is C16H29N3O6. The molecule has 0 saturated carbocycles. The van der Waals surface area contributed by atoms with Gasteiger partial charge >= 0.3 is 0 Å². The fourth-order valence-corrected chi connectivity index (χ4v) is 2.10. The molecule has 0 aliphatic carbocycles. The van der Waals surface area contributed by atoms with Gasteiger partial charge in [0, 0.05) is 25.5 Å². The molecular weight excluding hydrogens is 330 g/mol. The molecule has 9 nitrogen and oxygen atoms in total. The predicted molar refractivity (Wildman–Crippen MR) is 90.4 cm³/mol. The van der Waals surface area contributed by atoms with Crippen molar-refractivity contribution in [2.24, 2.45) is 5.92 Å². The molecule has 0 aromatic carbocycles. The number of amides is 3. The molecule has 25 heavy (non-hydrogen) atoms. The van der Waals surface area contributed by atoms with E-state index in [1.54, 1.807) is 13.8 Å². The van der Waals surface area contributed by atoms with Crippen LogP contribution in [0.5, 0.6) is 0 Å². The zero-order valence-corrected chi connectivity index (χ0v) is 14.8. The van der Waals surface area contributed by atoms with Gasteiger partial charge in [-0.15, -0.1) is 0 Å². The summed E-state index contributed by atoms with van der Waals surface area (Å²) in [4.78, 5) is 46.9. The second-order valence-electron chi connectivity index (χ2n) is 5.73. The van der Waals surface area contributed by atoms with E-state index in [0.29, 0.717) is 19.4 Å². The summed E-state index contributed by atoms with van der Waals surface area (Å²) >= 11 is 0. The number of rotatable bonds is 13. The number of aliphatic hydroxyl groups excluding tert-OH is 2. The highest BCUT2D eigenvalue weighted by Crippen LogP contribution is 2.07. The van der Waals surface area contributed by atoms with Gasteiger partial charge in [-0.1, -0.05) is 6.92 Å². The zero-order valence-electron chi connectivity index (χ0n) is 14.8. The topological polar surface area (TPSA) is 145 Å². The fourth-order valence-electron chi connectivity index (χ4n) is 2.10. The highest BCUT2D eigenvalue weighted by molar-refractivity contribution is 5.92. The average Bonchev–Trinajstić information content (AvgIpc) is 2.59. The zero-order chi connectivity index (χ0) is 19.2. The summed E-state index contributed by atoms with van der Waals surface area (Å²) in [6.45, 7) is 2.80. The molecule has 0 aliphatic rings. The van der Waals surface area contributed by atoms with Crippen LogP contribution in [0.2, 0.25) is 0 Å². The number of hydrogen-bond acceptors (Lipinski definition) is 6. The Morgan fingerprint density at radius 2 is 1.68 bits per heavy atom. The lowest BCUT2D eigenvalue weighted by atomic mass is 9.98. The van der Waals surface area contributed by atoms with Crippen LogP contribution in [0.4, 0.5) is 0 Å². The van der Waals surface area contributed by atoms with E-state index in [0.717, 1.165) is 0 Å². The minimum atomic E-state index is -0.999. The van der Waals surface area contributed by atoms with E-state index >= 15 is 0 Å². The Bertz CT molecular complexity index is 455. The molecule has 0 saturated heterocycles. The smallest absolute Gasteiger partial charge is 0.239 e. The lowest BCUT2D eigenvalue weighted by molar-refractivity contribution is -0.131. The molecule has 0 aliphatic heterocycles. The number of Topliss-reactive ketones (excluding diaryl/α,β-unsaturated/α-hetero) is 1. The summed E-state index contributed by atoms with van der Waals surface area (Å²) < 4.78 is 0. The number of unbranched alkanes of at least 4 members (excludes halogenated alkanes) is 1. The first-order valence-electron chi connectivity index (χ1n) is 8.43. The summed E-state index contributed by atoms with van der Waals surface area (Å²) in [7, 11) is 0. The van der Waals surface area contributed by atoms with Gasteiger partial charge in [-0.3, -0.25) is 19.2 Å². The standard InChI is InChI=1S/C16H29N3O6/c1-3-17-16(25)11(2)8-12(13(22)10-21)19-15(24)9-18-14(23)6-4-5-7-20/h11-12,20-21H,3-10H2,1-2H3,(H,17,25)(H,18,23)(H,19,24)/t11-,12?/m0/s1. The van der Waals surface area contributed by atoms with Gasteiger partial charge in [-0.05, 0) is 26.2 Å². The Morgan fingerprint density at radius 3 is 2.24 bits per heavy atom. The third-order valence-electron chi connectivity index (χ3n) is 3.53. The number of ketones is 1. The van der Waals surface area contributed by atoms with Crippen LogP contribution in [0.1, 0.15) is 39.5 Å². The minimum Gasteiger partial charge on any atom is -0.396 e. The third-order valence-corrected chi connectivity index (χ3v) is 3.53. The Labute approximate surface area is 147 Å². The van der Waals surface area contributed by atoms with Crippen molar-refractivity contribution >= 4 is 23.5 Å². The van der Waals surface area contributed by atoms with Crippen LogP contribution in [-0.2, 0) is 19.2 Å². The molecule has 144 valence electrons. The molecule has 3 amide bonds. The summed E-state index contributed by atoms with van der Waals surface area (Å²) in [5.41, 5.74) is 0. The van der Waals surface area contributed by atoms with Crippen LogP contribution in [0.15, 0.2) is 0 Å². The summed E-state index contributed by atoms with van der Waals surface area (Å²) in [5.74, 6) is -2.27. The van der Waals surface area contributed by atoms with Crippen molar-refractivity contribution in [3.05, 3.63) is 0 Å². The molecule has 0 bridgehead atoms. The first kappa shape index (κ1) is 23.0. The molecule has 1 unspecified atom stereocenters. The van der Waals surface area contributed by atoms with Gasteiger partial charge in [-0.2, -0.15) is 0 Å². The minimum absolute atomic E-state index is 0.00249. The van der Waals surface area contributed by atoms with E-state index in [1.165, 1.54) is 0 Å². The number of nitrogens with one attached hydrogen (secondary N) is 3. The van der Waals surface area contributed by atoms with Gasteiger partial charge in [0.05, 0.1) is 12.6 Å². The maximum Gasteiger partial charge on any atom is 0.239 e. The second kappa shape index (κ2) is 13.3. The molecule has 0 spiro atoms. The molecule has 0 aromatic heterocycles. The largest absolute Gasteiger partial charge is 0.396 e. The van der Waals surface area contributed by atoms with E-state index in [9.17, 15) is 19.2 Å². The van der Waals surface area contributed by atoms with Gasteiger partial charge in [0.15, 0.2) is 5.78 Å². The fraction of sp³-hybridized carbons (Fsp3) is 0.750. The molecule has 9 heteroatoms. The lowest BCUT2D eigenvalue weighted by Crippen LogP contribution is -2.48. The van der Waals surface area contributed by atoms with Gasteiger partial charge < -0.3 is 26.2 Å². The van der Waals surface area contributed by atoms with Crippen molar-refractivity contribution in [3.8, 4) is 0 Å². The van der Waals surface area contributed by atoms with Gasteiger partial charge in [0.2, 0.25) is 17.7 Å². The van der Waals surface area contributed by atoms with Gasteiger partial charge in [-0.25, -0.2) is 0 Å². The SMILES string of the molecule is CCNC(=O)[C@@H](C)CC(NC(=O)CNC(=O)CCCCO)C(=O)CO. The maximum absolute atomic E-state index is 11.9. The van der Waals surface area contributed by atoms with Gasteiger partial charge in [0.25, 0.3) is 0 Å². The monoisotopic (exact) mass is 359 g/mol. The van der Waals surface area contributed by atoms with E-state index in [4.69, 9.17) is 10.2 Å². The van der Waals surface area contributed by atoms with Gasteiger partial charge in [0.1, 0.15) is 6.61 Å². The van der Waals surface area contributed by atoms with E-state index in [2.05, 4.69) is 16.0 Å².